The zero-order valence-electron chi connectivity index (χ0n) is 9.15. The molecule has 6 nitrogen and oxygen atoms in total. The minimum atomic E-state index is -0.913. The van der Waals surface area contributed by atoms with Crippen LogP contribution in [0.15, 0.2) is 0 Å². The highest BCUT2D eigenvalue weighted by atomic mass is 16.5. The molecule has 15 heavy (non-hydrogen) atoms. The monoisotopic (exact) mass is 218 g/mol. The maximum Gasteiger partial charge on any atom is 0.317 e. The molecule has 0 radical (unpaired) electrons. The van der Waals surface area contributed by atoms with E-state index in [4.69, 9.17) is 9.84 Å². The molecule has 2 N–H and O–H groups in total. The van der Waals surface area contributed by atoms with Crippen molar-refractivity contribution in [2.24, 2.45) is 0 Å². The summed E-state index contributed by atoms with van der Waals surface area (Å²) in [6, 6.07) is -0.282. The normalized spacial score (nSPS) is 9.73. The molecule has 0 rings (SSSR count). The minimum absolute atomic E-state index is 0.0463. The van der Waals surface area contributed by atoms with E-state index in [1.807, 2.05) is 6.92 Å². The number of hydrogen-bond donors (Lipinski definition) is 2. The fourth-order valence-electron chi connectivity index (χ4n) is 0.874. The zero-order valence-corrected chi connectivity index (χ0v) is 9.15. The fourth-order valence-corrected chi connectivity index (χ4v) is 0.874. The van der Waals surface area contributed by atoms with Gasteiger partial charge in [0.05, 0.1) is 13.0 Å². The van der Waals surface area contributed by atoms with Crippen molar-refractivity contribution in [2.45, 2.75) is 13.3 Å². The molecule has 0 fully saturated rings. The molecule has 0 bridgehead atoms. The molecule has 0 unspecified atom stereocenters. The number of amides is 2. The predicted molar refractivity (Wildman–Crippen MR) is 54.8 cm³/mol. The first-order valence-corrected chi connectivity index (χ1v) is 4.86. The number of hydrogen-bond acceptors (Lipinski definition) is 3. The second-order valence-corrected chi connectivity index (χ2v) is 2.99. The van der Waals surface area contributed by atoms with Crippen molar-refractivity contribution in [3.63, 3.8) is 0 Å². The zero-order chi connectivity index (χ0) is 11.7. The van der Waals surface area contributed by atoms with Crippen molar-refractivity contribution >= 4 is 12.0 Å². The number of nitrogens with one attached hydrogen (secondary N) is 1. The average Bonchev–Trinajstić information content (AvgIpc) is 2.20. The standard InChI is InChI=1S/C9H18N2O4/c1-3-15-7-5-10-9(14)11(2)6-4-8(12)13/h3-7H2,1-2H3,(H,10,14)(H,12,13). The topological polar surface area (TPSA) is 78.9 Å². The maximum absolute atomic E-state index is 11.3. The molecular formula is C9H18N2O4. The number of ether oxygens (including phenoxy) is 1. The van der Waals surface area contributed by atoms with Crippen molar-refractivity contribution in [1.29, 1.82) is 0 Å². The predicted octanol–water partition coefficient (Wildman–Crippen LogP) is 0.139. The first-order valence-electron chi connectivity index (χ1n) is 4.86. The van der Waals surface area contributed by atoms with E-state index in [1.54, 1.807) is 7.05 Å². The van der Waals surface area contributed by atoms with Gasteiger partial charge in [-0.2, -0.15) is 0 Å². The van der Waals surface area contributed by atoms with E-state index in [1.165, 1.54) is 4.90 Å². The Hall–Kier alpha value is -1.30. The lowest BCUT2D eigenvalue weighted by molar-refractivity contribution is -0.137. The van der Waals surface area contributed by atoms with E-state index >= 15 is 0 Å². The molecule has 0 saturated carbocycles. The van der Waals surface area contributed by atoms with Gasteiger partial charge in [0.15, 0.2) is 0 Å². The quantitative estimate of drug-likeness (QED) is 0.596. The third-order valence-corrected chi connectivity index (χ3v) is 1.73. The molecular weight excluding hydrogens is 200 g/mol. The summed E-state index contributed by atoms with van der Waals surface area (Å²) in [5, 5.41) is 11.0. The molecule has 0 spiro atoms. The van der Waals surface area contributed by atoms with Crippen LogP contribution in [0.25, 0.3) is 0 Å². The van der Waals surface area contributed by atoms with E-state index in [-0.39, 0.29) is 19.0 Å². The molecule has 2 amide bonds. The van der Waals surface area contributed by atoms with Crippen molar-refractivity contribution < 1.29 is 19.4 Å². The summed E-state index contributed by atoms with van der Waals surface area (Å²) in [5.41, 5.74) is 0. The van der Waals surface area contributed by atoms with Crippen LogP contribution in [-0.4, -0.2) is 55.4 Å². The number of carboxylic acids is 1. The van der Waals surface area contributed by atoms with Crippen LogP contribution < -0.4 is 5.32 Å². The van der Waals surface area contributed by atoms with Gasteiger partial charge in [0.2, 0.25) is 0 Å². The van der Waals surface area contributed by atoms with Gasteiger partial charge in [0.1, 0.15) is 0 Å². The summed E-state index contributed by atoms with van der Waals surface area (Å²) in [7, 11) is 1.55. The van der Waals surface area contributed by atoms with Gasteiger partial charge in [-0.1, -0.05) is 0 Å². The van der Waals surface area contributed by atoms with E-state index in [2.05, 4.69) is 5.32 Å². The van der Waals surface area contributed by atoms with Gasteiger partial charge in [-0.15, -0.1) is 0 Å². The molecule has 0 aliphatic heterocycles. The van der Waals surface area contributed by atoms with E-state index < -0.39 is 5.97 Å². The maximum atomic E-state index is 11.3. The van der Waals surface area contributed by atoms with Crippen LogP contribution in [0.4, 0.5) is 4.79 Å². The molecule has 0 saturated heterocycles. The largest absolute Gasteiger partial charge is 0.481 e. The lowest BCUT2D eigenvalue weighted by atomic mass is 10.4. The number of carboxylic acid groups (broad SMARTS) is 1. The Balaban J connectivity index is 3.55. The first kappa shape index (κ1) is 13.7. The number of aliphatic carboxylic acids is 1. The van der Waals surface area contributed by atoms with Crippen LogP contribution >= 0.6 is 0 Å². The molecule has 0 aliphatic rings. The Morgan fingerprint density at radius 3 is 2.67 bits per heavy atom. The molecule has 0 aromatic carbocycles. The van der Waals surface area contributed by atoms with Gasteiger partial charge in [-0.25, -0.2) is 4.79 Å². The van der Waals surface area contributed by atoms with Crippen LogP contribution in [-0.2, 0) is 9.53 Å². The number of urea groups is 1. The van der Waals surface area contributed by atoms with Gasteiger partial charge in [0.25, 0.3) is 0 Å². The average molecular weight is 218 g/mol. The summed E-state index contributed by atoms with van der Waals surface area (Å²) in [6.07, 6.45) is -0.0463. The fraction of sp³-hybridized carbons (Fsp3) is 0.778. The smallest absolute Gasteiger partial charge is 0.317 e. The van der Waals surface area contributed by atoms with Crippen LogP contribution in [0, 0.1) is 0 Å². The molecule has 88 valence electrons. The Bertz CT molecular complexity index is 208. The minimum Gasteiger partial charge on any atom is -0.481 e. The molecule has 0 aliphatic carbocycles. The van der Waals surface area contributed by atoms with Gasteiger partial charge in [-0.3, -0.25) is 4.79 Å². The molecule has 0 aromatic rings. The highest BCUT2D eigenvalue weighted by Crippen LogP contribution is 1.88. The number of carbonyl (C=O) groups is 2. The number of nitrogens with zero attached hydrogens (tertiary/aromatic N) is 1. The van der Waals surface area contributed by atoms with E-state index in [9.17, 15) is 9.59 Å². The van der Waals surface area contributed by atoms with Gasteiger partial charge >= 0.3 is 12.0 Å². The Morgan fingerprint density at radius 2 is 2.13 bits per heavy atom. The van der Waals surface area contributed by atoms with Crippen molar-refractivity contribution in [3.8, 4) is 0 Å². The van der Waals surface area contributed by atoms with Gasteiger partial charge in [-0.05, 0) is 6.92 Å². The first-order chi connectivity index (χ1) is 7.07. The Kier molecular flexibility index (Phi) is 7.35. The summed E-state index contributed by atoms with van der Waals surface area (Å²) >= 11 is 0. The van der Waals surface area contributed by atoms with E-state index in [0.717, 1.165) is 0 Å². The molecule has 0 atom stereocenters. The van der Waals surface area contributed by atoms with Crippen molar-refractivity contribution in [3.05, 3.63) is 0 Å². The molecule has 6 heteroatoms. The van der Waals surface area contributed by atoms with Gasteiger partial charge in [0, 0.05) is 26.7 Å². The van der Waals surface area contributed by atoms with Crippen LogP contribution in [0.1, 0.15) is 13.3 Å². The van der Waals surface area contributed by atoms with Crippen LogP contribution in [0.5, 0.6) is 0 Å². The highest BCUT2D eigenvalue weighted by molar-refractivity contribution is 5.74. The lowest BCUT2D eigenvalue weighted by Crippen LogP contribution is -2.39. The number of rotatable bonds is 7. The van der Waals surface area contributed by atoms with Crippen molar-refractivity contribution in [2.75, 3.05) is 33.4 Å². The summed E-state index contributed by atoms with van der Waals surface area (Å²) in [6.45, 7) is 3.60. The molecule has 0 heterocycles. The summed E-state index contributed by atoms with van der Waals surface area (Å²) in [5.74, 6) is -0.913. The summed E-state index contributed by atoms with van der Waals surface area (Å²) < 4.78 is 5.03. The third kappa shape index (κ3) is 7.75. The Morgan fingerprint density at radius 1 is 1.47 bits per heavy atom. The molecule has 0 aromatic heterocycles. The second-order valence-electron chi connectivity index (χ2n) is 2.99. The summed E-state index contributed by atoms with van der Waals surface area (Å²) in [4.78, 5) is 22.9. The van der Waals surface area contributed by atoms with Crippen LogP contribution in [0.2, 0.25) is 0 Å². The lowest BCUT2D eigenvalue weighted by Gasteiger charge is -2.16. The SMILES string of the molecule is CCOCCNC(=O)N(C)CCC(=O)O. The van der Waals surface area contributed by atoms with Crippen molar-refractivity contribution in [1.82, 2.24) is 10.2 Å². The van der Waals surface area contributed by atoms with Gasteiger partial charge < -0.3 is 20.1 Å². The number of carbonyl (C=O) groups excluding carboxylic acids is 1. The highest BCUT2D eigenvalue weighted by Gasteiger charge is 2.08. The second kappa shape index (κ2) is 8.05. The Labute approximate surface area is 89.2 Å². The third-order valence-electron chi connectivity index (χ3n) is 1.73. The van der Waals surface area contributed by atoms with E-state index in [0.29, 0.717) is 19.8 Å². The van der Waals surface area contributed by atoms with Crippen LogP contribution in [0.3, 0.4) is 0 Å².